The Hall–Kier alpha value is -2.44. The Bertz CT molecular complexity index is 649. The summed E-state index contributed by atoms with van der Waals surface area (Å²) in [6.07, 6.45) is 1.92. The van der Waals surface area contributed by atoms with Crippen LogP contribution in [0.15, 0.2) is 48.7 Å². The lowest BCUT2D eigenvalue weighted by molar-refractivity contribution is -0.140. The number of hydrogen-bond donors (Lipinski definition) is 2. The van der Waals surface area contributed by atoms with Gasteiger partial charge in [0.15, 0.2) is 0 Å². The number of carbonyl (C=O) groups is 1. The molecular formula is C19H24N2O4. The number of pyridine rings is 1. The first-order valence-electron chi connectivity index (χ1n) is 8.28. The smallest absolute Gasteiger partial charge is 0.305 e. The Morgan fingerprint density at radius 1 is 1.24 bits per heavy atom. The number of aromatic nitrogens is 1. The molecule has 0 fully saturated rings. The predicted molar refractivity (Wildman–Crippen MR) is 94.3 cm³/mol. The Labute approximate surface area is 147 Å². The van der Waals surface area contributed by atoms with E-state index in [1.165, 1.54) is 7.11 Å². The fraction of sp³-hybridized carbons (Fsp3) is 0.368. The first-order chi connectivity index (χ1) is 12.2. The van der Waals surface area contributed by atoms with E-state index in [0.29, 0.717) is 38.4 Å². The summed E-state index contributed by atoms with van der Waals surface area (Å²) in [5.41, 5.74) is 1.75. The van der Waals surface area contributed by atoms with Crippen LogP contribution in [-0.2, 0) is 16.0 Å². The molecule has 0 aliphatic heterocycles. The molecule has 2 N–H and O–H groups in total. The number of nitrogens with one attached hydrogen (secondary N) is 1. The van der Waals surface area contributed by atoms with Gasteiger partial charge in [-0.05, 0) is 18.1 Å². The van der Waals surface area contributed by atoms with Gasteiger partial charge in [-0.2, -0.15) is 0 Å². The maximum absolute atomic E-state index is 11.3. The molecule has 0 saturated heterocycles. The summed E-state index contributed by atoms with van der Waals surface area (Å²) in [4.78, 5) is 15.5. The maximum atomic E-state index is 11.3. The molecule has 0 aliphatic rings. The average Bonchev–Trinajstić information content (AvgIpc) is 2.67. The standard InChI is InChI=1S/C19H24N2O4/c1-24-18(23)10-9-16-8-5-11-21-19(16)25-13-12-20-14-17(22)15-6-3-2-4-7-15/h2-8,11,17,20,22H,9-10,12-14H2,1H3. The number of carbonyl (C=O) groups excluding carboxylic acids is 1. The van der Waals surface area contributed by atoms with E-state index in [2.05, 4.69) is 15.0 Å². The fourth-order valence-electron chi connectivity index (χ4n) is 2.33. The molecule has 0 amide bonds. The molecule has 25 heavy (non-hydrogen) atoms. The number of aliphatic hydroxyl groups excluding tert-OH is 1. The number of rotatable bonds is 10. The van der Waals surface area contributed by atoms with Crippen LogP contribution in [0, 0.1) is 0 Å². The molecule has 0 saturated carbocycles. The van der Waals surface area contributed by atoms with Gasteiger partial charge >= 0.3 is 5.97 Å². The van der Waals surface area contributed by atoms with Crippen molar-refractivity contribution in [2.24, 2.45) is 0 Å². The van der Waals surface area contributed by atoms with Gasteiger partial charge in [0.25, 0.3) is 0 Å². The summed E-state index contributed by atoms with van der Waals surface area (Å²) in [5, 5.41) is 13.2. The van der Waals surface area contributed by atoms with Crippen molar-refractivity contribution in [1.29, 1.82) is 0 Å². The molecule has 0 radical (unpaired) electrons. The number of ether oxygens (including phenoxy) is 2. The zero-order valence-corrected chi connectivity index (χ0v) is 14.4. The largest absolute Gasteiger partial charge is 0.476 e. The molecule has 0 spiro atoms. The van der Waals surface area contributed by atoms with E-state index in [-0.39, 0.29) is 5.97 Å². The molecule has 134 valence electrons. The second-order valence-corrected chi connectivity index (χ2v) is 5.52. The number of nitrogens with zero attached hydrogens (tertiary/aromatic N) is 1. The zero-order valence-electron chi connectivity index (χ0n) is 14.4. The number of methoxy groups -OCH3 is 1. The van der Waals surface area contributed by atoms with Crippen LogP contribution in [0.25, 0.3) is 0 Å². The molecule has 1 aromatic carbocycles. The molecule has 6 nitrogen and oxygen atoms in total. The van der Waals surface area contributed by atoms with Crippen molar-refractivity contribution >= 4 is 5.97 Å². The predicted octanol–water partition coefficient (Wildman–Crippen LogP) is 1.89. The first-order valence-corrected chi connectivity index (χ1v) is 8.28. The summed E-state index contributed by atoms with van der Waals surface area (Å²) >= 11 is 0. The summed E-state index contributed by atoms with van der Waals surface area (Å²) in [6.45, 7) is 1.45. The second-order valence-electron chi connectivity index (χ2n) is 5.52. The number of esters is 1. The highest BCUT2D eigenvalue weighted by atomic mass is 16.5. The molecule has 1 unspecified atom stereocenters. The molecule has 2 rings (SSSR count). The Kier molecular flexibility index (Phi) is 7.88. The maximum Gasteiger partial charge on any atom is 0.305 e. The molecule has 1 aromatic heterocycles. The monoisotopic (exact) mass is 344 g/mol. The summed E-state index contributed by atoms with van der Waals surface area (Å²) < 4.78 is 10.3. The van der Waals surface area contributed by atoms with E-state index >= 15 is 0 Å². The molecular weight excluding hydrogens is 320 g/mol. The lowest BCUT2D eigenvalue weighted by Gasteiger charge is -2.13. The van der Waals surface area contributed by atoms with Crippen LogP contribution in [0.1, 0.15) is 23.7 Å². The van der Waals surface area contributed by atoms with E-state index in [1.54, 1.807) is 6.20 Å². The van der Waals surface area contributed by atoms with E-state index < -0.39 is 6.10 Å². The van der Waals surface area contributed by atoms with E-state index in [4.69, 9.17) is 4.74 Å². The molecule has 1 heterocycles. The first kappa shape index (κ1) is 18.9. The van der Waals surface area contributed by atoms with Crippen LogP contribution in [0.2, 0.25) is 0 Å². The van der Waals surface area contributed by atoms with Gasteiger partial charge in [-0.25, -0.2) is 4.98 Å². The summed E-state index contributed by atoms with van der Waals surface area (Å²) in [6, 6.07) is 13.2. The van der Waals surface area contributed by atoms with Crippen molar-refractivity contribution < 1.29 is 19.4 Å². The van der Waals surface area contributed by atoms with Gasteiger partial charge in [-0.15, -0.1) is 0 Å². The van der Waals surface area contributed by atoms with Crippen molar-refractivity contribution in [1.82, 2.24) is 10.3 Å². The Morgan fingerprint density at radius 3 is 2.80 bits per heavy atom. The molecule has 0 bridgehead atoms. The third kappa shape index (κ3) is 6.52. The highest BCUT2D eigenvalue weighted by molar-refractivity contribution is 5.69. The fourth-order valence-corrected chi connectivity index (χ4v) is 2.33. The van der Waals surface area contributed by atoms with Crippen molar-refractivity contribution in [2.75, 3.05) is 26.8 Å². The lowest BCUT2D eigenvalue weighted by Crippen LogP contribution is -2.26. The van der Waals surface area contributed by atoms with Crippen LogP contribution in [0.5, 0.6) is 5.88 Å². The van der Waals surface area contributed by atoms with E-state index in [9.17, 15) is 9.90 Å². The normalized spacial score (nSPS) is 11.8. The minimum atomic E-state index is -0.549. The topological polar surface area (TPSA) is 80.7 Å². The number of aliphatic hydroxyl groups is 1. The van der Waals surface area contributed by atoms with Crippen molar-refractivity contribution in [3.05, 3.63) is 59.8 Å². The highest BCUT2D eigenvalue weighted by Crippen LogP contribution is 2.16. The lowest BCUT2D eigenvalue weighted by atomic mass is 10.1. The third-order valence-corrected chi connectivity index (χ3v) is 3.72. The van der Waals surface area contributed by atoms with Crippen LogP contribution in [0.4, 0.5) is 0 Å². The number of benzene rings is 1. The summed E-state index contributed by atoms with van der Waals surface area (Å²) in [7, 11) is 1.37. The van der Waals surface area contributed by atoms with Crippen LogP contribution >= 0.6 is 0 Å². The van der Waals surface area contributed by atoms with E-state index in [0.717, 1.165) is 11.1 Å². The SMILES string of the molecule is COC(=O)CCc1cccnc1OCCNCC(O)c1ccccc1. The molecule has 0 aliphatic carbocycles. The number of aryl methyl sites for hydroxylation is 1. The van der Waals surface area contributed by atoms with Gasteiger partial charge in [-0.1, -0.05) is 36.4 Å². The molecule has 6 heteroatoms. The van der Waals surface area contributed by atoms with Gasteiger partial charge in [0.2, 0.25) is 5.88 Å². The molecule has 1 atom stereocenters. The minimum Gasteiger partial charge on any atom is -0.476 e. The van der Waals surface area contributed by atoms with Gasteiger partial charge in [0, 0.05) is 31.3 Å². The van der Waals surface area contributed by atoms with Crippen molar-refractivity contribution in [2.45, 2.75) is 18.9 Å². The van der Waals surface area contributed by atoms with Gasteiger partial charge in [0.1, 0.15) is 6.61 Å². The van der Waals surface area contributed by atoms with Gasteiger partial charge < -0.3 is 19.9 Å². The number of hydrogen-bond acceptors (Lipinski definition) is 6. The molecule has 2 aromatic rings. The van der Waals surface area contributed by atoms with Crippen molar-refractivity contribution in [3.63, 3.8) is 0 Å². The Balaban J connectivity index is 1.72. The third-order valence-electron chi connectivity index (χ3n) is 3.72. The second kappa shape index (κ2) is 10.4. The van der Waals surface area contributed by atoms with Crippen LogP contribution < -0.4 is 10.1 Å². The average molecular weight is 344 g/mol. The highest BCUT2D eigenvalue weighted by Gasteiger charge is 2.09. The Morgan fingerprint density at radius 2 is 2.04 bits per heavy atom. The van der Waals surface area contributed by atoms with Crippen molar-refractivity contribution in [3.8, 4) is 5.88 Å². The van der Waals surface area contributed by atoms with Crippen LogP contribution in [-0.4, -0.2) is 42.9 Å². The summed E-state index contributed by atoms with van der Waals surface area (Å²) in [5.74, 6) is 0.267. The zero-order chi connectivity index (χ0) is 17.9. The quantitative estimate of drug-likeness (QED) is 0.506. The van der Waals surface area contributed by atoms with E-state index in [1.807, 2.05) is 42.5 Å². The van der Waals surface area contributed by atoms with Gasteiger partial charge in [0.05, 0.1) is 13.2 Å². The van der Waals surface area contributed by atoms with Crippen LogP contribution in [0.3, 0.4) is 0 Å². The van der Waals surface area contributed by atoms with Gasteiger partial charge in [-0.3, -0.25) is 4.79 Å². The minimum absolute atomic E-state index is 0.258.